The molecule has 5 nitrogen and oxygen atoms in total. The standard InChI is InChI=1S/C24H26BN3O2/c1-23(2)16-8-5-6-11-20(16)28-21-13-12-15(25(29-26)30-27)14-19(21)24(3,4)18-10-7-9-17(23)22(18)28/h5-14H,26-27H2,1-4H3. The summed E-state index contributed by atoms with van der Waals surface area (Å²) in [4.78, 5) is 2.40. The third-order valence-electron chi connectivity index (χ3n) is 6.88. The van der Waals surface area contributed by atoms with Gasteiger partial charge in [-0.15, -0.1) is 0 Å². The van der Waals surface area contributed by atoms with Crippen LogP contribution in [0.1, 0.15) is 49.9 Å². The summed E-state index contributed by atoms with van der Waals surface area (Å²) in [5.74, 6) is 10.8. The highest BCUT2D eigenvalue weighted by Crippen LogP contribution is 2.59. The van der Waals surface area contributed by atoms with Crippen LogP contribution in [0.3, 0.4) is 0 Å². The lowest BCUT2D eigenvalue weighted by atomic mass is 9.65. The first-order chi connectivity index (χ1) is 14.3. The van der Waals surface area contributed by atoms with Crippen LogP contribution in [-0.4, -0.2) is 7.12 Å². The molecule has 0 aromatic heterocycles. The molecule has 30 heavy (non-hydrogen) atoms. The first-order valence-electron chi connectivity index (χ1n) is 10.2. The summed E-state index contributed by atoms with van der Waals surface area (Å²) >= 11 is 0. The van der Waals surface area contributed by atoms with Gasteiger partial charge in [-0.1, -0.05) is 76.2 Å². The fourth-order valence-electron chi connectivity index (χ4n) is 5.24. The fraction of sp³-hybridized carbons (Fsp3) is 0.250. The average molecular weight is 399 g/mol. The van der Waals surface area contributed by atoms with E-state index in [1.54, 1.807) is 0 Å². The van der Waals surface area contributed by atoms with Crippen molar-refractivity contribution in [1.82, 2.24) is 0 Å². The summed E-state index contributed by atoms with van der Waals surface area (Å²) in [6.07, 6.45) is 0. The zero-order valence-corrected chi connectivity index (χ0v) is 17.8. The molecule has 0 saturated carbocycles. The lowest BCUT2D eigenvalue weighted by Gasteiger charge is -2.49. The van der Waals surface area contributed by atoms with Gasteiger partial charge in [0.25, 0.3) is 0 Å². The van der Waals surface area contributed by atoms with E-state index < -0.39 is 7.12 Å². The van der Waals surface area contributed by atoms with E-state index in [-0.39, 0.29) is 10.8 Å². The Morgan fingerprint density at radius 2 is 1.27 bits per heavy atom. The molecule has 6 heteroatoms. The van der Waals surface area contributed by atoms with E-state index in [2.05, 4.69) is 87.2 Å². The smallest absolute Gasteiger partial charge is 0.324 e. The summed E-state index contributed by atoms with van der Waals surface area (Å²) in [6, 6.07) is 21.5. The highest BCUT2D eigenvalue weighted by Gasteiger charge is 2.45. The highest BCUT2D eigenvalue weighted by atomic mass is 16.7. The average Bonchev–Trinajstić information content (AvgIpc) is 2.74. The molecule has 4 N–H and O–H groups in total. The molecule has 0 saturated heterocycles. The Labute approximate surface area is 177 Å². The third-order valence-corrected chi connectivity index (χ3v) is 6.88. The maximum absolute atomic E-state index is 5.40. The van der Waals surface area contributed by atoms with Crippen molar-refractivity contribution in [3.63, 3.8) is 0 Å². The second kappa shape index (κ2) is 6.43. The van der Waals surface area contributed by atoms with Crippen molar-refractivity contribution in [3.8, 4) is 0 Å². The third kappa shape index (κ3) is 2.39. The van der Waals surface area contributed by atoms with E-state index in [0.717, 1.165) is 11.2 Å². The van der Waals surface area contributed by atoms with Crippen LogP contribution in [0, 0.1) is 0 Å². The van der Waals surface area contributed by atoms with Gasteiger partial charge in [-0.05, 0) is 39.8 Å². The van der Waals surface area contributed by atoms with Crippen LogP contribution < -0.4 is 22.2 Å². The predicted molar refractivity (Wildman–Crippen MR) is 121 cm³/mol. The molecule has 0 spiro atoms. The van der Waals surface area contributed by atoms with Gasteiger partial charge >= 0.3 is 7.12 Å². The molecule has 0 atom stereocenters. The van der Waals surface area contributed by atoms with E-state index in [1.807, 2.05) is 6.07 Å². The van der Waals surface area contributed by atoms with Gasteiger partial charge in [0.2, 0.25) is 0 Å². The van der Waals surface area contributed by atoms with Crippen LogP contribution in [0.4, 0.5) is 17.1 Å². The number of fused-ring (bicyclic) bond motifs is 4. The van der Waals surface area contributed by atoms with Crippen molar-refractivity contribution in [1.29, 1.82) is 0 Å². The summed E-state index contributed by atoms with van der Waals surface area (Å²) in [5.41, 5.74) is 9.27. The largest absolute Gasteiger partial charge is 0.527 e. The molecule has 0 amide bonds. The van der Waals surface area contributed by atoms with Gasteiger partial charge in [-0.2, -0.15) is 0 Å². The summed E-state index contributed by atoms with van der Waals surface area (Å²) in [5, 5.41) is 0. The van der Waals surface area contributed by atoms with Crippen molar-refractivity contribution in [2.24, 2.45) is 11.8 Å². The first-order valence-corrected chi connectivity index (χ1v) is 10.2. The molecule has 0 radical (unpaired) electrons. The van der Waals surface area contributed by atoms with Crippen molar-refractivity contribution in [2.45, 2.75) is 38.5 Å². The maximum Gasteiger partial charge on any atom is 0.527 e. The number of nitrogens with zero attached hydrogens (tertiary/aromatic N) is 1. The van der Waals surface area contributed by atoms with Crippen molar-refractivity contribution in [2.75, 3.05) is 4.90 Å². The van der Waals surface area contributed by atoms with Crippen molar-refractivity contribution >= 4 is 29.6 Å². The molecule has 0 aliphatic carbocycles. The second-order valence-electron chi connectivity index (χ2n) is 9.18. The summed E-state index contributed by atoms with van der Waals surface area (Å²) in [7, 11) is -0.814. The van der Waals surface area contributed by atoms with Crippen LogP contribution in [0.15, 0.2) is 60.7 Å². The molecule has 0 fully saturated rings. The van der Waals surface area contributed by atoms with Crippen LogP contribution in [-0.2, 0) is 20.3 Å². The molecule has 2 aliphatic rings. The van der Waals surface area contributed by atoms with Gasteiger partial charge in [0, 0.05) is 10.8 Å². The SMILES string of the molecule is CC1(C)c2ccccc2N2c3ccc(B(ON)ON)cc3C(C)(C)c3cccc1c32. The van der Waals surface area contributed by atoms with Gasteiger partial charge < -0.3 is 14.4 Å². The van der Waals surface area contributed by atoms with E-state index in [0.29, 0.717) is 0 Å². The Balaban J connectivity index is 1.85. The molecule has 3 aromatic carbocycles. The number of hydrogen-bond donors (Lipinski definition) is 2. The molecule has 152 valence electrons. The minimum Gasteiger partial charge on any atom is -0.324 e. The number of nitrogens with two attached hydrogens (primary N) is 2. The summed E-state index contributed by atoms with van der Waals surface area (Å²) < 4.78 is 9.84. The monoisotopic (exact) mass is 399 g/mol. The molecule has 2 aliphatic heterocycles. The zero-order chi connectivity index (χ0) is 21.3. The van der Waals surface area contributed by atoms with Crippen LogP contribution in [0.25, 0.3) is 0 Å². The topological polar surface area (TPSA) is 73.7 Å². The number of rotatable bonds is 3. The van der Waals surface area contributed by atoms with Gasteiger partial charge in [0.05, 0.1) is 17.1 Å². The normalized spacial score (nSPS) is 17.1. The Morgan fingerprint density at radius 3 is 1.93 bits per heavy atom. The molecule has 5 rings (SSSR count). The Morgan fingerprint density at radius 1 is 0.700 bits per heavy atom. The predicted octanol–water partition coefficient (Wildman–Crippen LogP) is 3.91. The lowest BCUT2D eigenvalue weighted by molar-refractivity contribution is 0.215. The molecule has 0 unspecified atom stereocenters. The number of benzene rings is 3. The van der Waals surface area contributed by atoms with Gasteiger partial charge in [0.1, 0.15) is 0 Å². The van der Waals surface area contributed by atoms with Crippen LogP contribution in [0.5, 0.6) is 0 Å². The van der Waals surface area contributed by atoms with Crippen molar-refractivity contribution < 1.29 is 9.51 Å². The minimum absolute atomic E-state index is 0.0855. The first kappa shape index (κ1) is 19.3. The maximum atomic E-state index is 5.40. The van der Waals surface area contributed by atoms with Gasteiger partial charge in [-0.25, -0.2) is 11.8 Å². The molecular weight excluding hydrogens is 373 g/mol. The van der Waals surface area contributed by atoms with Gasteiger partial charge in [0.15, 0.2) is 0 Å². The van der Waals surface area contributed by atoms with Crippen LogP contribution in [0.2, 0.25) is 0 Å². The van der Waals surface area contributed by atoms with Gasteiger partial charge in [-0.3, -0.25) is 0 Å². The van der Waals surface area contributed by atoms with E-state index in [1.165, 1.54) is 33.6 Å². The Hall–Kier alpha value is -2.64. The Bertz CT molecular complexity index is 1150. The van der Waals surface area contributed by atoms with E-state index >= 15 is 0 Å². The molecule has 2 heterocycles. The minimum atomic E-state index is -0.814. The van der Waals surface area contributed by atoms with E-state index in [4.69, 9.17) is 21.3 Å². The zero-order valence-electron chi connectivity index (χ0n) is 17.8. The highest BCUT2D eigenvalue weighted by molar-refractivity contribution is 6.61. The molecule has 3 aromatic rings. The molecular formula is C24H26BN3O2. The Kier molecular flexibility index (Phi) is 4.14. The second-order valence-corrected chi connectivity index (χ2v) is 9.18. The van der Waals surface area contributed by atoms with Crippen molar-refractivity contribution in [3.05, 3.63) is 82.9 Å². The molecule has 0 bridgehead atoms. The van der Waals surface area contributed by atoms with E-state index in [9.17, 15) is 0 Å². The quantitative estimate of drug-likeness (QED) is 0.516. The summed E-state index contributed by atoms with van der Waals surface area (Å²) in [6.45, 7) is 9.15. The fourth-order valence-corrected chi connectivity index (χ4v) is 5.24. The lowest BCUT2D eigenvalue weighted by Crippen LogP contribution is -2.43. The number of para-hydroxylation sites is 2. The number of anilines is 3. The number of hydrogen-bond acceptors (Lipinski definition) is 5. The van der Waals surface area contributed by atoms with Crippen LogP contribution >= 0.6 is 0 Å².